The predicted octanol–water partition coefficient (Wildman–Crippen LogP) is 3.34. The number of aryl methyl sites for hydroxylation is 1. The third-order valence-corrected chi connectivity index (χ3v) is 6.55. The quantitative estimate of drug-likeness (QED) is 0.893. The van der Waals surface area contributed by atoms with Crippen LogP contribution >= 0.6 is 23.1 Å². The standard InChI is InChI=1S/C14H20N2O2S2/c1-19-9-4-2-8(3-5-9)15-14-16-12-10(13(17)18)6-7-11(12)20-14/h8-10H,2-7H2,1H3,(H,15,16)(H,17,18). The summed E-state index contributed by atoms with van der Waals surface area (Å²) >= 11 is 3.62. The van der Waals surface area contributed by atoms with Crippen LogP contribution in [-0.2, 0) is 11.2 Å². The molecule has 0 spiro atoms. The second kappa shape index (κ2) is 5.93. The van der Waals surface area contributed by atoms with E-state index in [0.29, 0.717) is 12.5 Å². The molecule has 0 aliphatic heterocycles. The Balaban J connectivity index is 1.62. The van der Waals surface area contributed by atoms with E-state index in [1.807, 2.05) is 11.8 Å². The molecule has 0 bridgehead atoms. The number of carboxylic acids is 1. The van der Waals surface area contributed by atoms with E-state index in [4.69, 9.17) is 0 Å². The van der Waals surface area contributed by atoms with Gasteiger partial charge in [0.25, 0.3) is 0 Å². The molecule has 1 saturated carbocycles. The maximum atomic E-state index is 11.2. The SMILES string of the molecule is CSC1CCC(Nc2nc3c(s2)CCC3C(=O)O)CC1. The first-order chi connectivity index (χ1) is 9.67. The number of thioether (sulfide) groups is 1. The summed E-state index contributed by atoms with van der Waals surface area (Å²) in [6.45, 7) is 0. The maximum Gasteiger partial charge on any atom is 0.312 e. The minimum Gasteiger partial charge on any atom is -0.481 e. The van der Waals surface area contributed by atoms with Crippen LogP contribution in [0.1, 0.15) is 48.6 Å². The lowest BCUT2D eigenvalue weighted by molar-refractivity contribution is -0.138. The van der Waals surface area contributed by atoms with E-state index in [1.54, 1.807) is 11.3 Å². The van der Waals surface area contributed by atoms with E-state index < -0.39 is 5.97 Å². The number of nitrogens with one attached hydrogen (secondary N) is 1. The number of rotatable bonds is 4. The fourth-order valence-corrected chi connectivity index (χ4v) is 5.01. The van der Waals surface area contributed by atoms with Crippen molar-refractivity contribution >= 4 is 34.2 Å². The monoisotopic (exact) mass is 312 g/mol. The van der Waals surface area contributed by atoms with E-state index in [1.165, 1.54) is 25.7 Å². The molecule has 0 radical (unpaired) electrons. The molecular weight excluding hydrogens is 292 g/mol. The largest absolute Gasteiger partial charge is 0.481 e. The second-order valence-electron chi connectivity index (χ2n) is 5.61. The van der Waals surface area contributed by atoms with Crippen LogP contribution in [0.3, 0.4) is 0 Å². The first-order valence-corrected chi connectivity index (χ1v) is 9.29. The zero-order valence-electron chi connectivity index (χ0n) is 11.6. The normalized spacial score (nSPS) is 29.1. The molecule has 2 N–H and O–H groups in total. The first-order valence-electron chi connectivity index (χ1n) is 7.19. The molecular formula is C14H20N2O2S2. The molecule has 1 aromatic heterocycles. The van der Waals surface area contributed by atoms with Crippen LogP contribution in [-0.4, -0.2) is 33.6 Å². The van der Waals surface area contributed by atoms with Crippen molar-refractivity contribution < 1.29 is 9.90 Å². The van der Waals surface area contributed by atoms with Gasteiger partial charge in [-0.1, -0.05) is 0 Å². The van der Waals surface area contributed by atoms with E-state index >= 15 is 0 Å². The van der Waals surface area contributed by atoms with Crippen molar-refractivity contribution in [3.8, 4) is 0 Å². The molecule has 0 amide bonds. The molecule has 0 aromatic carbocycles. The highest BCUT2D eigenvalue weighted by molar-refractivity contribution is 7.99. The number of aromatic nitrogens is 1. The fourth-order valence-electron chi connectivity index (χ4n) is 3.15. The minimum atomic E-state index is -0.735. The number of thiazole rings is 1. The highest BCUT2D eigenvalue weighted by atomic mass is 32.2. The van der Waals surface area contributed by atoms with Crippen molar-refractivity contribution in [1.82, 2.24) is 4.98 Å². The van der Waals surface area contributed by atoms with Gasteiger partial charge in [-0.05, 0) is 44.8 Å². The van der Waals surface area contributed by atoms with Gasteiger partial charge in [0, 0.05) is 16.2 Å². The van der Waals surface area contributed by atoms with Crippen LogP contribution < -0.4 is 5.32 Å². The van der Waals surface area contributed by atoms with Gasteiger partial charge < -0.3 is 10.4 Å². The lowest BCUT2D eigenvalue weighted by Gasteiger charge is -2.27. The van der Waals surface area contributed by atoms with Crippen molar-refractivity contribution in [2.75, 3.05) is 11.6 Å². The number of fused-ring (bicyclic) bond motifs is 1. The summed E-state index contributed by atoms with van der Waals surface area (Å²) in [6, 6.07) is 0.507. The molecule has 1 fully saturated rings. The summed E-state index contributed by atoms with van der Waals surface area (Å²) < 4.78 is 0. The Morgan fingerprint density at radius 3 is 2.75 bits per heavy atom. The highest BCUT2D eigenvalue weighted by Crippen LogP contribution is 2.39. The summed E-state index contributed by atoms with van der Waals surface area (Å²) in [4.78, 5) is 16.9. The van der Waals surface area contributed by atoms with Gasteiger partial charge >= 0.3 is 5.97 Å². The van der Waals surface area contributed by atoms with Gasteiger partial charge in [-0.15, -0.1) is 11.3 Å². The molecule has 2 aliphatic carbocycles. The van der Waals surface area contributed by atoms with Crippen LogP contribution in [0.5, 0.6) is 0 Å². The predicted molar refractivity (Wildman–Crippen MR) is 84.0 cm³/mol. The Morgan fingerprint density at radius 1 is 1.35 bits per heavy atom. The molecule has 110 valence electrons. The average Bonchev–Trinajstić information content (AvgIpc) is 2.98. The van der Waals surface area contributed by atoms with Crippen LogP contribution in [0.2, 0.25) is 0 Å². The van der Waals surface area contributed by atoms with Gasteiger partial charge in [-0.25, -0.2) is 4.98 Å². The van der Waals surface area contributed by atoms with Crippen molar-refractivity contribution in [1.29, 1.82) is 0 Å². The van der Waals surface area contributed by atoms with Gasteiger partial charge in [0.1, 0.15) is 5.92 Å². The average molecular weight is 312 g/mol. The van der Waals surface area contributed by atoms with Crippen molar-refractivity contribution in [3.05, 3.63) is 10.6 Å². The molecule has 1 unspecified atom stereocenters. The number of anilines is 1. The smallest absolute Gasteiger partial charge is 0.312 e. The molecule has 1 heterocycles. The summed E-state index contributed by atoms with van der Waals surface area (Å²) in [6.07, 6.45) is 8.68. The molecule has 6 heteroatoms. The van der Waals surface area contributed by atoms with Crippen LogP contribution in [0.15, 0.2) is 0 Å². The van der Waals surface area contributed by atoms with Crippen molar-refractivity contribution in [2.45, 2.75) is 55.7 Å². The van der Waals surface area contributed by atoms with Crippen LogP contribution in [0.4, 0.5) is 5.13 Å². The van der Waals surface area contributed by atoms with Crippen LogP contribution in [0, 0.1) is 0 Å². The first kappa shape index (κ1) is 14.2. The van der Waals surface area contributed by atoms with Crippen LogP contribution in [0.25, 0.3) is 0 Å². The molecule has 1 atom stereocenters. The van der Waals surface area contributed by atoms with E-state index in [9.17, 15) is 9.90 Å². The fraction of sp³-hybridized carbons (Fsp3) is 0.714. The number of carboxylic acid groups (broad SMARTS) is 1. The third kappa shape index (κ3) is 2.81. The molecule has 1 aromatic rings. The number of carbonyl (C=O) groups is 1. The Labute approximate surface area is 127 Å². The topological polar surface area (TPSA) is 62.2 Å². The van der Waals surface area contributed by atoms with Gasteiger partial charge in [-0.2, -0.15) is 11.8 Å². The lowest BCUT2D eigenvalue weighted by atomic mass is 9.95. The van der Waals surface area contributed by atoms with Gasteiger partial charge in [-0.3, -0.25) is 4.79 Å². The third-order valence-electron chi connectivity index (χ3n) is 4.35. The molecule has 4 nitrogen and oxygen atoms in total. The Morgan fingerprint density at radius 2 is 2.10 bits per heavy atom. The van der Waals surface area contributed by atoms with E-state index in [2.05, 4.69) is 16.6 Å². The maximum absolute atomic E-state index is 11.2. The molecule has 20 heavy (non-hydrogen) atoms. The van der Waals surface area contributed by atoms with E-state index in [-0.39, 0.29) is 5.92 Å². The number of nitrogens with zero attached hydrogens (tertiary/aromatic N) is 1. The Bertz CT molecular complexity index is 495. The van der Waals surface area contributed by atoms with E-state index in [0.717, 1.165) is 27.4 Å². The molecule has 3 rings (SSSR count). The molecule has 0 saturated heterocycles. The minimum absolute atomic E-state index is 0.385. The van der Waals surface area contributed by atoms with Crippen molar-refractivity contribution in [3.63, 3.8) is 0 Å². The summed E-state index contributed by atoms with van der Waals surface area (Å²) in [7, 11) is 0. The zero-order valence-corrected chi connectivity index (χ0v) is 13.2. The zero-order chi connectivity index (χ0) is 14.1. The summed E-state index contributed by atoms with van der Waals surface area (Å²) in [5, 5.41) is 14.4. The second-order valence-corrected chi connectivity index (χ2v) is 7.83. The summed E-state index contributed by atoms with van der Waals surface area (Å²) in [5.41, 5.74) is 0.808. The molecule has 2 aliphatic rings. The highest BCUT2D eigenvalue weighted by Gasteiger charge is 2.32. The van der Waals surface area contributed by atoms with Gasteiger partial charge in [0.2, 0.25) is 0 Å². The lowest BCUT2D eigenvalue weighted by Crippen LogP contribution is -2.27. The Kier molecular flexibility index (Phi) is 4.21. The number of hydrogen-bond acceptors (Lipinski definition) is 5. The Hall–Kier alpha value is -0.750. The summed E-state index contributed by atoms with van der Waals surface area (Å²) in [5.74, 6) is -1.12. The van der Waals surface area contributed by atoms with Gasteiger partial charge in [0.05, 0.1) is 5.69 Å². The van der Waals surface area contributed by atoms with Crippen molar-refractivity contribution in [2.24, 2.45) is 0 Å². The number of aliphatic carboxylic acids is 1. The number of hydrogen-bond donors (Lipinski definition) is 2. The van der Waals surface area contributed by atoms with Gasteiger partial charge in [0.15, 0.2) is 5.13 Å².